The van der Waals surface area contributed by atoms with E-state index >= 15 is 0 Å². The Balaban J connectivity index is 1.44. The summed E-state index contributed by atoms with van der Waals surface area (Å²) in [5.74, 6) is 1.11. The number of amides is 2. The van der Waals surface area contributed by atoms with Crippen molar-refractivity contribution in [1.82, 2.24) is 9.80 Å². The predicted molar refractivity (Wildman–Crippen MR) is 92.5 cm³/mol. The van der Waals surface area contributed by atoms with Crippen molar-refractivity contribution in [3.8, 4) is 0 Å². The first-order valence-electron chi connectivity index (χ1n) is 9.77. The van der Waals surface area contributed by atoms with E-state index in [9.17, 15) is 9.59 Å². The molecule has 5 nitrogen and oxygen atoms in total. The van der Waals surface area contributed by atoms with Crippen molar-refractivity contribution in [3.05, 3.63) is 0 Å². The number of hydrogen-bond acceptors (Lipinski definition) is 3. The fourth-order valence-electron chi connectivity index (χ4n) is 4.66. The van der Waals surface area contributed by atoms with Crippen LogP contribution < -0.4 is 0 Å². The molecule has 0 aromatic rings. The Morgan fingerprint density at radius 1 is 1.08 bits per heavy atom. The maximum Gasteiger partial charge on any atom is 0.222 e. The lowest BCUT2D eigenvalue weighted by Gasteiger charge is -2.40. The van der Waals surface area contributed by atoms with Crippen molar-refractivity contribution in [2.24, 2.45) is 5.92 Å². The molecule has 1 saturated carbocycles. The molecule has 2 atom stereocenters. The average Bonchev–Trinajstić information content (AvgIpc) is 2.62. The topological polar surface area (TPSA) is 49.9 Å². The first-order valence-corrected chi connectivity index (χ1v) is 9.77. The standard InChI is InChI=1S/C19H32N2O3/c1-24-17-6-4-5-15(13-17)14-19(23)20-11-8-16(9-12-20)21-10-3-2-7-18(21)22/h15-17H,2-14H2,1H3/t15-,17-/m0/s1. The molecule has 2 heterocycles. The van der Waals surface area contributed by atoms with Gasteiger partial charge in [0.1, 0.15) is 0 Å². The van der Waals surface area contributed by atoms with Gasteiger partial charge in [0, 0.05) is 45.6 Å². The van der Waals surface area contributed by atoms with Crippen molar-refractivity contribution in [2.45, 2.75) is 76.4 Å². The van der Waals surface area contributed by atoms with Crippen LogP contribution in [0.25, 0.3) is 0 Å². The molecule has 3 aliphatic rings. The summed E-state index contributed by atoms with van der Waals surface area (Å²) in [5.41, 5.74) is 0. The summed E-state index contributed by atoms with van der Waals surface area (Å²) in [6.45, 7) is 2.54. The van der Waals surface area contributed by atoms with Crippen LogP contribution in [0.3, 0.4) is 0 Å². The van der Waals surface area contributed by atoms with Crippen LogP contribution in [0.2, 0.25) is 0 Å². The van der Waals surface area contributed by atoms with Gasteiger partial charge < -0.3 is 14.5 Å². The van der Waals surface area contributed by atoms with Gasteiger partial charge in [-0.3, -0.25) is 9.59 Å². The molecule has 2 amide bonds. The van der Waals surface area contributed by atoms with Crippen LogP contribution >= 0.6 is 0 Å². The molecule has 3 rings (SSSR count). The third-order valence-electron chi connectivity index (χ3n) is 6.15. The van der Waals surface area contributed by atoms with E-state index in [0.29, 0.717) is 42.7 Å². The van der Waals surface area contributed by atoms with Gasteiger partial charge >= 0.3 is 0 Å². The zero-order chi connectivity index (χ0) is 16.9. The lowest BCUT2D eigenvalue weighted by molar-refractivity contribution is -0.139. The monoisotopic (exact) mass is 336 g/mol. The zero-order valence-electron chi connectivity index (χ0n) is 15.0. The van der Waals surface area contributed by atoms with E-state index in [1.807, 2.05) is 4.90 Å². The molecule has 1 aliphatic carbocycles. The highest BCUT2D eigenvalue weighted by atomic mass is 16.5. The molecule has 0 aromatic carbocycles. The maximum absolute atomic E-state index is 12.6. The lowest BCUT2D eigenvalue weighted by Crippen LogP contribution is -2.50. The van der Waals surface area contributed by atoms with Gasteiger partial charge in [0.05, 0.1) is 6.10 Å². The van der Waals surface area contributed by atoms with E-state index in [1.54, 1.807) is 7.11 Å². The minimum Gasteiger partial charge on any atom is -0.381 e. The molecule has 0 unspecified atom stereocenters. The molecule has 136 valence electrons. The van der Waals surface area contributed by atoms with E-state index in [1.165, 1.54) is 6.42 Å². The first kappa shape index (κ1) is 17.7. The number of likely N-dealkylation sites (tertiary alicyclic amines) is 2. The highest BCUT2D eigenvalue weighted by molar-refractivity contribution is 5.78. The Kier molecular flexibility index (Phi) is 6.14. The largest absolute Gasteiger partial charge is 0.381 e. The summed E-state index contributed by atoms with van der Waals surface area (Å²) >= 11 is 0. The number of carbonyl (C=O) groups excluding carboxylic acids is 2. The van der Waals surface area contributed by atoms with Gasteiger partial charge in [0.15, 0.2) is 0 Å². The third-order valence-corrected chi connectivity index (χ3v) is 6.15. The van der Waals surface area contributed by atoms with E-state index in [2.05, 4.69) is 4.90 Å². The summed E-state index contributed by atoms with van der Waals surface area (Å²) in [6, 6.07) is 0.356. The molecule has 0 N–H and O–H groups in total. The minimum absolute atomic E-state index is 0.306. The van der Waals surface area contributed by atoms with Crippen LogP contribution in [0.15, 0.2) is 0 Å². The fraction of sp³-hybridized carbons (Fsp3) is 0.895. The van der Waals surface area contributed by atoms with Crippen LogP contribution in [0.4, 0.5) is 0 Å². The van der Waals surface area contributed by atoms with Gasteiger partial charge in [0.2, 0.25) is 11.8 Å². The Bertz CT molecular complexity index is 446. The highest BCUT2D eigenvalue weighted by Gasteiger charge is 2.32. The minimum atomic E-state index is 0.306. The number of ether oxygens (including phenoxy) is 1. The van der Waals surface area contributed by atoms with Gasteiger partial charge in [0.25, 0.3) is 0 Å². The predicted octanol–water partition coefficient (Wildman–Crippen LogP) is 2.59. The van der Waals surface area contributed by atoms with Gasteiger partial charge in [-0.05, 0) is 50.9 Å². The Labute approximate surface area is 145 Å². The normalized spacial score (nSPS) is 29.8. The Hall–Kier alpha value is -1.10. The summed E-state index contributed by atoms with van der Waals surface area (Å²) in [6.07, 6.45) is 10.3. The van der Waals surface area contributed by atoms with Crippen molar-refractivity contribution in [1.29, 1.82) is 0 Å². The SMILES string of the molecule is CO[C@H]1CCC[C@H](CC(=O)N2CCC(N3CCCCC3=O)CC2)C1. The second-order valence-electron chi connectivity index (χ2n) is 7.75. The molecule has 24 heavy (non-hydrogen) atoms. The molecule has 5 heteroatoms. The highest BCUT2D eigenvalue weighted by Crippen LogP contribution is 2.29. The number of carbonyl (C=O) groups is 2. The molecule has 2 aliphatic heterocycles. The van der Waals surface area contributed by atoms with E-state index < -0.39 is 0 Å². The number of rotatable bonds is 4. The smallest absolute Gasteiger partial charge is 0.222 e. The number of methoxy groups -OCH3 is 1. The summed E-state index contributed by atoms with van der Waals surface area (Å²) in [4.78, 5) is 28.8. The number of nitrogens with zero attached hydrogens (tertiary/aromatic N) is 2. The van der Waals surface area contributed by atoms with Gasteiger partial charge in [-0.25, -0.2) is 0 Å². The second-order valence-corrected chi connectivity index (χ2v) is 7.75. The van der Waals surface area contributed by atoms with Crippen LogP contribution in [0.5, 0.6) is 0 Å². The van der Waals surface area contributed by atoms with Gasteiger partial charge in [-0.2, -0.15) is 0 Å². The van der Waals surface area contributed by atoms with Crippen molar-refractivity contribution >= 4 is 11.8 Å². The third kappa shape index (κ3) is 4.29. The molecule has 0 radical (unpaired) electrons. The van der Waals surface area contributed by atoms with Crippen LogP contribution in [-0.4, -0.2) is 60.5 Å². The van der Waals surface area contributed by atoms with Gasteiger partial charge in [-0.1, -0.05) is 6.42 Å². The fourth-order valence-corrected chi connectivity index (χ4v) is 4.66. The summed E-state index contributed by atoms with van der Waals surface area (Å²) in [5, 5.41) is 0. The van der Waals surface area contributed by atoms with Crippen molar-refractivity contribution in [3.63, 3.8) is 0 Å². The zero-order valence-corrected chi connectivity index (χ0v) is 15.0. The van der Waals surface area contributed by atoms with E-state index in [4.69, 9.17) is 4.74 Å². The maximum atomic E-state index is 12.6. The van der Waals surface area contributed by atoms with Gasteiger partial charge in [-0.15, -0.1) is 0 Å². The van der Waals surface area contributed by atoms with E-state index in [-0.39, 0.29) is 0 Å². The number of piperidine rings is 2. The Morgan fingerprint density at radius 2 is 1.88 bits per heavy atom. The van der Waals surface area contributed by atoms with Crippen molar-refractivity contribution < 1.29 is 14.3 Å². The van der Waals surface area contributed by atoms with Crippen LogP contribution in [0, 0.1) is 5.92 Å². The number of hydrogen-bond donors (Lipinski definition) is 0. The molecular weight excluding hydrogens is 304 g/mol. The van der Waals surface area contributed by atoms with Crippen molar-refractivity contribution in [2.75, 3.05) is 26.7 Å². The van der Waals surface area contributed by atoms with Crippen LogP contribution in [0.1, 0.15) is 64.2 Å². The first-order chi connectivity index (χ1) is 11.7. The second kappa shape index (κ2) is 8.32. The summed E-state index contributed by atoms with van der Waals surface area (Å²) < 4.78 is 5.48. The molecular formula is C19H32N2O3. The average molecular weight is 336 g/mol. The molecule has 0 bridgehead atoms. The molecule has 2 saturated heterocycles. The molecule has 3 fully saturated rings. The molecule has 0 aromatic heterocycles. The van der Waals surface area contributed by atoms with Crippen LogP contribution in [-0.2, 0) is 14.3 Å². The quantitative estimate of drug-likeness (QED) is 0.793. The van der Waals surface area contributed by atoms with E-state index in [0.717, 1.165) is 64.6 Å². The molecule has 0 spiro atoms. The lowest BCUT2D eigenvalue weighted by atomic mass is 9.84. The summed E-state index contributed by atoms with van der Waals surface area (Å²) in [7, 11) is 1.78. The Morgan fingerprint density at radius 3 is 2.58 bits per heavy atom.